The van der Waals surface area contributed by atoms with Gasteiger partial charge in [-0.05, 0) is 69.2 Å². The van der Waals surface area contributed by atoms with Crippen LogP contribution in [0.2, 0.25) is 0 Å². The summed E-state index contributed by atoms with van der Waals surface area (Å²) in [4.78, 5) is 4.44. The van der Waals surface area contributed by atoms with Gasteiger partial charge in [-0.25, -0.2) is 10.4 Å². The van der Waals surface area contributed by atoms with Crippen molar-refractivity contribution < 1.29 is 13.9 Å². The molecule has 3 rings (SSSR count). The van der Waals surface area contributed by atoms with E-state index in [4.69, 9.17) is 13.9 Å². The minimum absolute atomic E-state index is 0.243. The van der Waals surface area contributed by atoms with E-state index in [1.165, 1.54) is 32.1 Å². The van der Waals surface area contributed by atoms with Crippen molar-refractivity contribution in [2.75, 3.05) is 18.6 Å². The van der Waals surface area contributed by atoms with Crippen molar-refractivity contribution in [2.45, 2.75) is 71.6 Å². The molecule has 0 spiro atoms. The van der Waals surface area contributed by atoms with E-state index in [9.17, 15) is 5.26 Å². The second-order valence-electron chi connectivity index (χ2n) is 8.14. The maximum atomic E-state index is 9.47. The lowest BCUT2D eigenvalue weighted by atomic mass is 9.80. The van der Waals surface area contributed by atoms with Crippen LogP contribution < -0.4 is 14.9 Å². The lowest BCUT2D eigenvalue weighted by Gasteiger charge is -2.26. The molecule has 0 atom stereocenters. The van der Waals surface area contributed by atoms with Crippen molar-refractivity contribution in [1.82, 2.24) is 4.98 Å². The maximum Gasteiger partial charge on any atom is 0.252 e. The molecule has 1 aliphatic carbocycles. The average Bonchev–Trinajstić information content (AvgIpc) is 3.23. The van der Waals surface area contributed by atoms with Gasteiger partial charge in [-0.15, -0.1) is 0 Å². The monoisotopic (exact) mass is 438 g/mol. The molecule has 1 aliphatic rings. The number of nitrogens with zero attached hydrogens (tertiary/aromatic N) is 3. The maximum absolute atomic E-state index is 9.47. The molecule has 1 saturated carbocycles. The summed E-state index contributed by atoms with van der Waals surface area (Å²) in [5.74, 6) is 3.41. The number of unbranched alkanes of at least 4 members (excludes halogenated alkanes) is 1. The summed E-state index contributed by atoms with van der Waals surface area (Å²) in [6, 6.07) is 7.74. The van der Waals surface area contributed by atoms with Crippen LogP contribution in [0.1, 0.15) is 88.8 Å². The number of hydrogen-bond acceptors (Lipinski definition) is 7. The van der Waals surface area contributed by atoms with Crippen LogP contribution in [-0.4, -0.2) is 24.4 Å². The molecule has 7 heteroatoms. The molecule has 1 heterocycles. The number of rotatable bonds is 11. The minimum Gasteiger partial charge on any atom is -0.490 e. The first-order valence-corrected chi connectivity index (χ1v) is 11.8. The quantitative estimate of drug-likeness (QED) is 0.329. The first-order chi connectivity index (χ1) is 15.7. The minimum atomic E-state index is 0.243. The molecule has 0 saturated heterocycles. The number of hydrazone groups is 1. The zero-order valence-corrected chi connectivity index (χ0v) is 19.4. The van der Waals surface area contributed by atoms with Gasteiger partial charge in [-0.1, -0.05) is 26.2 Å². The lowest BCUT2D eigenvalue weighted by molar-refractivity contribution is 0.278. The normalized spacial score (nSPS) is 18.4. The van der Waals surface area contributed by atoms with Gasteiger partial charge in [-0.2, -0.15) is 10.4 Å². The van der Waals surface area contributed by atoms with Gasteiger partial charge in [0.15, 0.2) is 11.5 Å². The van der Waals surface area contributed by atoms with Crippen molar-refractivity contribution in [3.8, 4) is 17.6 Å². The smallest absolute Gasteiger partial charge is 0.252 e. The molecule has 1 N–H and O–H groups in total. The van der Waals surface area contributed by atoms with E-state index >= 15 is 0 Å². The van der Waals surface area contributed by atoms with Crippen molar-refractivity contribution in [3.05, 3.63) is 35.3 Å². The topological polar surface area (TPSA) is 92.7 Å². The van der Waals surface area contributed by atoms with Crippen LogP contribution in [0.3, 0.4) is 0 Å². The predicted molar refractivity (Wildman–Crippen MR) is 125 cm³/mol. The van der Waals surface area contributed by atoms with Crippen molar-refractivity contribution >= 4 is 12.1 Å². The van der Waals surface area contributed by atoms with E-state index in [2.05, 4.69) is 28.5 Å². The highest BCUT2D eigenvalue weighted by Gasteiger charge is 2.27. The zero-order valence-electron chi connectivity index (χ0n) is 19.4. The Labute approximate surface area is 190 Å². The van der Waals surface area contributed by atoms with E-state index in [-0.39, 0.29) is 11.6 Å². The van der Waals surface area contributed by atoms with Crippen LogP contribution in [0, 0.1) is 17.2 Å². The van der Waals surface area contributed by atoms with Crippen molar-refractivity contribution in [3.63, 3.8) is 0 Å². The van der Waals surface area contributed by atoms with Gasteiger partial charge in [0.25, 0.3) is 5.88 Å². The van der Waals surface area contributed by atoms with Crippen LogP contribution in [0.25, 0.3) is 0 Å². The Hall–Kier alpha value is -3.01. The standard InChI is InChI=1S/C25H34N4O3/c1-4-7-8-18-9-12-20(13-10-18)24-28-21(16-26)25(32-24)29-27-17-19-11-14-22(30-5-2)23(15-19)31-6-3/h11,14-15,17-18,20,29H,4-10,12-13H2,1-3H3/b27-17-. The number of oxazole rings is 1. The van der Waals surface area contributed by atoms with E-state index in [0.717, 1.165) is 24.3 Å². The van der Waals surface area contributed by atoms with E-state index < -0.39 is 0 Å². The van der Waals surface area contributed by atoms with Gasteiger partial charge in [0.05, 0.1) is 19.4 Å². The fraction of sp³-hybridized carbons (Fsp3) is 0.560. The number of benzene rings is 1. The molecule has 1 aromatic carbocycles. The Morgan fingerprint density at radius 3 is 2.59 bits per heavy atom. The van der Waals surface area contributed by atoms with Crippen molar-refractivity contribution in [1.29, 1.82) is 5.26 Å². The molecule has 1 aromatic heterocycles. The third kappa shape index (κ3) is 6.25. The molecule has 7 nitrogen and oxygen atoms in total. The number of aromatic nitrogens is 1. The van der Waals surface area contributed by atoms with Crippen LogP contribution >= 0.6 is 0 Å². The zero-order chi connectivity index (χ0) is 22.8. The Bertz CT molecular complexity index is 924. The number of ether oxygens (including phenoxy) is 2. The summed E-state index contributed by atoms with van der Waals surface area (Å²) in [7, 11) is 0. The summed E-state index contributed by atoms with van der Waals surface area (Å²) < 4.78 is 17.2. The number of nitrogens with one attached hydrogen (secondary N) is 1. The molecule has 32 heavy (non-hydrogen) atoms. The molecule has 0 radical (unpaired) electrons. The molecule has 0 aliphatic heterocycles. The molecule has 0 unspecified atom stereocenters. The largest absolute Gasteiger partial charge is 0.490 e. The highest BCUT2D eigenvalue weighted by molar-refractivity contribution is 5.81. The van der Waals surface area contributed by atoms with Crippen LogP contribution in [0.15, 0.2) is 27.7 Å². The molecular formula is C25H34N4O3. The van der Waals surface area contributed by atoms with Gasteiger partial charge < -0.3 is 13.9 Å². The fourth-order valence-corrected chi connectivity index (χ4v) is 4.17. The molecule has 2 aromatic rings. The number of nitriles is 1. The summed E-state index contributed by atoms with van der Waals surface area (Å²) in [6.45, 7) is 7.23. The van der Waals surface area contributed by atoms with E-state index in [1.807, 2.05) is 32.0 Å². The number of anilines is 1. The average molecular weight is 439 g/mol. The molecule has 0 bridgehead atoms. The second kappa shape index (κ2) is 12.1. The fourth-order valence-electron chi connectivity index (χ4n) is 4.17. The molecular weight excluding hydrogens is 404 g/mol. The van der Waals surface area contributed by atoms with E-state index in [0.29, 0.717) is 36.5 Å². The molecule has 0 amide bonds. The Morgan fingerprint density at radius 2 is 1.91 bits per heavy atom. The highest BCUT2D eigenvalue weighted by Crippen LogP contribution is 2.38. The third-order valence-corrected chi connectivity index (χ3v) is 5.86. The van der Waals surface area contributed by atoms with Crippen LogP contribution in [0.5, 0.6) is 11.5 Å². The summed E-state index contributed by atoms with van der Waals surface area (Å²) in [5.41, 5.74) is 3.93. The third-order valence-electron chi connectivity index (χ3n) is 5.86. The SMILES string of the molecule is CCCCC1CCC(c2nc(C#N)c(N/N=C\c3ccc(OCC)c(OCC)c3)o2)CC1. The predicted octanol–water partition coefficient (Wildman–Crippen LogP) is 6.25. The van der Waals surface area contributed by atoms with Crippen LogP contribution in [0.4, 0.5) is 5.88 Å². The first kappa shape index (κ1) is 23.6. The van der Waals surface area contributed by atoms with Crippen LogP contribution in [-0.2, 0) is 0 Å². The van der Waals surface area contributed by atoms with E-state index in [1.54, 1.807) is 6.21 Å². The summed E-state index contributed by atoms with van der Waals surface area (Å²) >= 11 is 0. The van der Waals surface area contributed by atoms with Crippen molar-refractivity contribution in [2.24, 2.45) is 11.0 Å². The van der Waals surface area contributed by atoms with Gasteiger partial charge in [0.1, 0.15) is 6.07 Å². The van der Waals surface area contributed by atoms with Gasteiger partial charge in [0, 0.05) is 5.92 Å². The highest BCUT2D eigenvalue weighted by atomic mass is 16.5. The molecule has 1 fully saturated rings. The van der Waals surface area contributed by atoms with Gasteiger partial charge >= 0.3 is 0 Å². The lowest BCUT2D eigenvalue weighted by Crippen LogP contribution is -2.13. The Kier molecular flexibility index (Phi) is 8.97. The van der Waals surface area contributed by atoms with Gasteiger partial charge in [0.2, 0.25) is 11.6 Å². The first-order valence-electron chi connectivity index (χ1n) is 11.8. The Balaban J connectivity index is 1.63. The van der Waals surface area contributed by atoms with Gasteiger partial charge in [-0.3, -0.25) is 0 Å². The summed E-state index contributed by atoms with van der Waals surface area (Å²) in [5, 5.41) is 13.7. The Morgan fingerprint density at radius 1 is 1.16 bits per heavy atom. The summed E-state index contributed by atoms with van der Waals surface area (Å²) in [6.07, 6.45) is 10.1. The second-order valence-corrected chi connectivity index (χ2v) is 8.14. The molecule has 172 valence electrons. The number of hydrogen-bond donors (Lipinski definition) is 1.